The van der Waals surface area contributed by atoms with Crippen molar-refractivity contribution in [1.82, 2.24) is 0 Å². The van der Waals surface area contributed by atoms with Gasteiger partial charge in [-0.25, -0.2) is 4.79 Å². The molecule has 0 heterocycles. The van der Waals surface area contributed by atoms with Crippen molar-refractivity contribution < 1.29 is 17.4 Å². The smallest absolute Gasteiger partial charge is 0.339 e. The van der Waals surface area contributed by atoms with Gasteiger partial charge in [0.2, 0.25) is 0 Å². The molecule has 0 aliphatic rings. The van der Waals surface area contributed by atoms with E-state index in [0.29, 0.717) is 16.9 Å². The van der Waals surface area contributed by atoms with Crippen molar-refractivity contribution in [3.8, 4) is 5.75 Å². The zero-order valence-corrected chi connectivity index (χ0v) is 15.4. The lowest BCUT2D eigenvalue weighted by Crippen LogP contribution is -2.19. The van der Waals surface area contributed by atoms with E-state index in [1.165, 1.54) is 18.2 Å². The Labute approximate surface area is 157 Å². The zero-order chi connectivity index (χ0) is 19.3. The maximum Gasteiger partial charge on any atom is 0.339 e. The second-order valence-electron chi connectivity index (χ2n) is 5.78. The first kappa shape index (κ1) is 18.5. The van der Waals surface area contributed by atoms with Crippen LogP contribution in [0, 0.1) is 6.92 Å². The Morgan fingerprint density at radius 1 is 0.815 bits per heavy atom. The summed E-state index contributed by atoms with van der Waals surface area (Å²) in [7, 11) is -3.97. The average Bonchev–Trinajstić information content (AvgIpc) is 2.62. The number of aryl methyl sites for hydroxylation is 1. The monoisotopic (exact) mass is 382 g/mol. The minimum Gasteiger partial charge on any atom is -0.379 e. The van der Waals surface area contributed by atoms with Crippen molar-refractivity contribution in [2.45, 2.75) is 11.8 Å². The highest BCUT2D eigenvalue weighted by molar-refractivity contribution is 7.87. The summed E-state index contributed by atoms with van der Waals surface area (Å²) in [6, 6.07) is 21.3. The molecule has 0 saturated carbocycles. The van der Waals surface area contributed by atoms with E-state index in [1.807, 2.05) is 6.07 Å². The van der Waals surface area contributed by atoms with Crippen LogP contribution in [0.5, 0.6) is 5.75 Å². The Bertz CT molecular complexity index is 1050. The Morgan fingerprint density at radius 2 is 1.44 bits per heavy atom. The number of anilines is 2. The third-order valence-corrected chi connectivity index (χ3v) is 5.10. The van der Waals surface area contributed by atoms with E-state index in [1.54, 1.807) is 61.5 Å². The van der Waals surface area contributed by atoms with Crippen molar-refractivity contribution >= 4 is 27.5 Å². The average molecular weight is 382 g/mol. The number of urea groups is 1. The summed E-state index contributed by atoms with van der Waals surface area (Å²) < 4.78 is 30.2. The molecule has 0 fully saturated rings. The molecule has 0 radical (unpaired) electrons. The second kappa shape index (κ2) is 7.92. The van der Waals surface area contributed by atoms with E-state index < -0.39 is 16.1 Å². The summed E-state index contributed by atoms with van der Waals surface area (Å²) in [6.45, 7) is 1.70. The van der Waals surface area contributed by atoms with Gasteiger partial charge in [-0.1, -0.05) is 42.5 Å². The van der Waals surface area contributed by atoms with Gasteiger partial charge in [0.15, 0.2) is 0 Å². The molecule has 138 valence electrons. The van der Waals surface area contributed by atoms with Crippen LogP contribution in [-0.4, -0.2) is 14.4 Å². The normalized spacial score (nSPS) is 10.9. The van der Waals surface area contributed by atoms with Gasteiger partial charge in [-0.15, -0.1) is 0 Å². The van der Waals surface area contributed by atoms with Crippen molar-refractivity contribution in [2.75, 3.05) is 10.6 Å². The standard InChI is InChI=1S/C20H18N2O4S/c1-15-8-5-6-13-19(15)27(24,25)26-18-12-7-11-17(14-18)22-20(23)21-16-9-3-2-4-10-16/h2-14H,1H3,(H2,21,22,23). The van der Waals surface area contributed by atoms with Crippen LogP contribution in [0.4, 0.5) is 16.2 Å². The third-order valence-electron chi connectivity index (χ3n) is 3.69. The van der Waals surface area contributed by atoms with E-state index in [9.17, 15) is 13.2 Å². The van der Waals surface area contributed by atoms with Gasteiger partial charge in [0.05, 0.1) is 0 Å². The Hall–Kier alpha value is -3.32. The summed E-state index contributed by atoms with van der Waals surface area (Å²) in [5.74, 6) is 0.107. The number of amides is 2. The van der Waals surface area contributed by atoms with Crippen LogP contribution in [0.25, 0.3) is 0 Å². The summed E-state index contributed by atoms with van der Waals surface area (Å²) in [6.07, 6.45) is 0. The van der Waals surface area contributed by atoms with E-state index in [2.05, 4.69) is 10.6 Å². The van der Waals surface area contributed by atoms with Crippen molar-refractivity contribution in [2.24, 2.45) is 0 Å². The van der Waals surface area contributed by atoms with Gasteiger partial charge in [-0.2, -0.15) is 8.42 Å². The molecular formula is C20H18N2O4S. The van der Waals surface area contributed by atoms with E-state index in [-0.39, 0.29) is 10.6 Å². The molecule has 0 spiro atoms. The highest BCUT2D eigenvalue weighted by Gasteiger charge is 2.19. The molecule has 2 N–H and O–H groups in total. The predicted molar refractivity (Wildman–Crippen MR) is 105 cm³/mol. The SMILES string of the molecule is Cc1ccccc1S(=O)(=O)Oc1cccc(NC(=O)Nc2ccccc2)c1. The van der Waals surface area contributed by atoms with Crippen molar-refractivity contribution in [3.05, 3.63) is 84.4 Å². The number of hydrogen-bond acceptors (Lipinski definition) is 4. The van der Waals surface area contributed by atoms with Gasteiger partial charge in [-0.05, 0) is 42.8 Å². The van der Waals surface area contributed by atoms with Crippen molar-refractivity contribution in [3.63, 3.8) is 0 Å². The lowest BCUT2D eigenvalue weighted by Gasteiger charge is -2.11. The minimum absolute atomic E-state index is 0.102. The number of benzene rings is 3. The number of para-hydroxylation sites is 1. The van der Waals surface area contributed by atoms with Crippen LogP contribution in [0.1, 0.15) is 5.56 Å². The maximum absolute atomic E-state index is 12.5. The number of carbonyl (C=O) groups is 1. The van der Waals surface area contributed by atoms with Gasteiger partial charge in [0, 0.05) is 17.4 Å². The fourth-order valence-electron chi connectivity index (χ4n) is 2.45. The molecule has 0 unspecified atom stereocenters. The first-order valence-electron chi connectivity index (χ1n) is 8.17. The molecule has 0 aromatic heterocycles. The van der Waals surface area contributed by atoms with Crippen LogP contribution >= 0.6 is 0 Å². The first-order chi connectivity index (χ1) is 12.9. The maximum atomic E-state index is 12.5. The van der Waals surface area contributed by atoms with Gasteiger partial charge in [0.1, 0.15) is 10.6 Å². The van der Waals surface area contributed by atoms with Gasteiger partial charge < -0.3 is 14.8 Å². The Kier molecular flexibility index (Phi) is 5.42. The lowest BCUT2D eigenvalue weighted by atomic mass is 10.2. The highest BCUT2D eigenvalue weighted by atomic mass is 32.2. The molecule has 0 aliphatic heterocycles. The molecule has 0 saturated heterocycles. The number of rotatable bonds is 5. The third kappa shape index (κ3) is 4.86. The minimum atomic E-state index is -3.97. The van der Waals surface area contributed by atoms with E-state index >= 15 is 0 Å². The molecule has 27 heavy (non-hydrogen) atoms. The van der Waals surface area contributed by atoms with Gasteiger partial charge >= 0.3 is 16.1 Å². The quantitative estimate of drug-likeness (QED) is 0.640. The summed E-state index contributed by atoms with van der Waals surface area (Å²) in [4.78, 5) is 12.2. The molecule has 3 aromatic carbocycles. The van der Waals surface area contributed by atoms with Gasteiger partial charge in [-0.3, -0.25) is 0 Å². The molecule has 3 aromatic rings. The van der Waals surface area contributed by atoms with E-state index in [4.69, 9.17) is 4.18 Å². The fourth-order valence-corrected chi connectivity index (χ4v) is 3.60. The van der Waals surface area contributed by atoms with Crippen LogP contribution in [-0.2, 0) is 10.1 Å². The highest BCUT2D eigenvalue weighted by Crippen LogP contribution is 2.23. The van der Waals surface area contributed by atoms with Crippen LogP contribution < -0.4 is 14.8 Å². The zero-order valence-electron chi connectivity index (χ0n) is 14.5. The van der Waals surface area contributed by atoms with Gasteiger partial charge in [0.25, 0.3) is 0 Å². The lowest BCUT2D eigenvalue weighted by molar-refractivity contribution is 0.262. The molecule has 3 rings (SSSR count). The molecule has 2 amide bonds. The molecule has 0 aliphatic carbocycles. The largest absolute Gasteiger partial charge is 0.379 e. The fraction of sp³-hybridized carbons (Fsp3) is 0.0500. The van der Waals surface area contributed by atoms with Crippen LogP contribution in [0.3, 0.4) is 0 Å². The molecule has 0 bridgehead atoms. The first-order valence-corrected chi connectivity index (χ1v) is 9.58. The molecule has 6 nitrogen and oxygen atoms in total. The summed E-state index contributed by atoms with van der Waals surface area (Å²) in [5, 5.41) is 5.33. The Morgan fingerprint density at radius 3 is 2.19 bits per heavy atom. The summed E-state index contributed by atoms with van der Waals surface area (Å²) >= 11 is 0. The van der Waals surface area contributed by atoms with Crippen LogP contribution in [0.2, 0.25) is 0 Å². The van der Waals surface area contributed by atoms with Crippen molar-refractivity contribution in [1.29, 1.82) is 0 Å². The Balaban J connectivity index is 1.72. The second-order valence-corrected chi connectivity index (χ2v) is 7.29. The summed E-state index contributed by atoms with van der Waals surface area (Å²) in [5.41, 5.74) is 1.64. The topological polar surface area (TPSA) is 84.5 Å². The van der Waals surface area contributed by atoms with E-state index in [0.717, 1.165) is 0 Å². The molecule has 0 atom stereocenters. The predicted octanol–water partition coefficient (Wildman–Crippen LogP) is 4.41. The number of carbonyl (C=O) groups excluding carboxylic acids is 1. The molecule has 7 heteroatoms. The number of nitrogens with one attached hydrogen (secondary N) is 2. The molecular weight excluding hydrogens is 364 g/mol. The number of hydrogen-bond donors (Lipinski definition) is 2. The van der Waals surface area contributed by atoms with Crippen LogP contribution in [0.15, 0.2) is 83.8 Å².